The van der Waals surface area contributed by atoms with Crippen LogP contribution < -0.4 is 0 Å². The number of hydrogen-bond acceptors (Lipinski definition) is 3. The number of rotatable bonds is 3. The second-order valence-corrected chi connectivity index (χ2v) is 5.39. The minimum Gasteiger partial charge on any atom is -0.382 e. The Morgan fingerprint density at radius 1 is 1.77 bits per heavy atom. The molecule has 2 radical (unpaired) electrons. The van der Waals surface area contributed by atoms with E-state index in [0.717, 1.165) is 13.1 Å². The molecule has 0 spiro atoms. The fourth-order valence-corrected chi connectivity index (χ4v) is 1.77. The molecule has 1 unspecified atom stereocenters. The second kappa shape index (κ2) is 4.14. The van der Waals surface area contributed by atoms with Crippen molar-refractivity contribution in [1.82, 2.24) is 0 Å². The third kappa shape index (κ3) is 3.82. The number of hydrogen-bond donors (Lipinski definition) is 1. The lowest BCUT2D eigenvalue weighted by Gasteiger charge is -2.16. The summed E-state index contributed by atoms with van der Waals surface area (Å²) in [5.41, 5.74) is 0. The molecule has 13 heavy (non-hydrogen) atoms. The summed E-state index contributed by atoms with van der Waals surface area (Å²) in [6, 6.07) is -0.265. The largest absolute Gasteiger partial charge is 0.382 e. The van der Waals surface area contributed by atoms with Crippen molar-refractivity contribution in [3.63, 3.8) is 0 Å². The third-order valence-electron chi connectivity index (χ3n) is 2.07. The molecule has 1 saturated heterocycles. The molecular weight excluding hydrogens is 190 g/mol. The smallest absolute Gasteiger partial charge is 0.325 e. The van der Waals surface area contributed by atoms with Crippen LogP contribution in [-0.4, -0.2) is 38.1 Å². The summed E-state index contributed by atoms with van der Waals surface area (Å²) < 4.78 is 20.9. The van der Waals surface area contributed by atoms with Gasteiger partial charge in [-0.3, -0.25) is 4.57 Å². The Labute approximate surface area is 79.6 Å². The lowest BCUT2D eigenvalue weighted by atomic mass is 9.92. The van der Waals surface area contributed by atoms with E-state index >= 15 is 0 Å². The summed E-state index contributed by atoms with van der Waals surface area (Å²) >= 11 is 0. The molecule has 1 fully saturated rings. The summed E-state index contributed by atoms with van der Waals surface area (Å²) in [6.45, 7) is 3.28. The monoisotopic (exact) mass is 204 g/mol. The lowest BCUT2D eigenvalue weighted by molar-refractivity contribution is 0.0343. The lowest BCUT2D eigenvalue weighted by Crippen LogP contribution is -2.20. The molecule has 6 heteroatoms. The molecule has 0 aromatic heterocycles. The Bertz CT molecular complexity index is 217. The molecule has 0 aliphatic carbocycles. The predicted octanol–water partition coefficient (Wildman–Crippen LogP) is 0.738. The highest BCUT2D eigenvalue weighted by Crippen LogP contribution is 2.38. The van der Waals surface area contributed by atoms with Gasteiger partial charge in [0.25, 0.3) is 0 Å². The van der Waals surface area contributed by atoms with Crippen molar-refractivity contribution in [2.75, 3.05) is 13.3 Å². The third-order valence-corrected chi connectivity index (χ3v) is 2.69. The van der Waals surface area contributed by atoms with Gasteiger partial charge >= 0.3 is 7.60 Å². The first kappa shape index (κ1) is 11.3. The van der Waals surface area contributed by atoms with Gasteiger partial charge in [-0.2, -0.15) is 0 Å². The van der Waals surface area contributed by atoms with E-state index < -0.39 is 7.60 Å². The highest BCUT2D eigenvalue weighted by atomic mass is 31.2. The van der Waals surface area contributed by atoms with Gasteiger partial charge in [-0.1, -0.05) is 6.92 Å². The van der Waals surface area contributed by atoms with Gasteiger partial charge in [-0.05, 0) is 12.3 Å². The van der Waals surface area contributed by atoms with Gasteiger partial charge in [0.05, 0.1) is 12.7 Å². The van der Waals surface area contributed by atoms with E-state index in [9.17, 15) is 4.57 Å². The Morgan fingerprint density at radius 3 is 2.77 bits per heavy atom. The Kier molecular flexibility index (Phi) is 3.58. The van der Waals surface area contributed by atoms with Gasteiger partial charge in [-0.25, -0.2) is 0 Å². The van der Waals surface area contributed by atoms with Crippen LogP contribution in [0.2, 0.25) is 0 Å². The molecule has 4 atom stereocenters. The standard InChI is InChI=1S/C7H14BO4P/c1-5-3-7(8)12-6(5)4-11-13(2,9)10/h5-7H,3-4H2,1-2H3,(H,9,10)/t5-,6-,7-/m1/s1. The summed E-state index contributed by atoms with van der Waals surface area (Å²) in [4.78, 5) is 8.88. The molecule has 1 N–H and O–H groups in total. The van der Waals surface area contributed by atoms with Crippen LogP contribution in [0, 0.1) is 5.92 Å². The van der Waals surface area contributed by atoms with E-state index in [-0.39, 0.29) is 24.6 Å². The zero-order chi connectivity index (χ0) is 10.1. The van der Waals surface area contributed by atoms with Crippen molar-refractivity contribution in [3.8, 4) is 0 Å². The van der Waals surface area contributed by atoms with Crippen molar-refractivity contribution in [2.24, 2.45) is 5.92 Å². The Morgan fingerprint density at radius 2 is 2.38 bits per heavy atom. The molecule has 0 aromatic carbocycles. The fraction of sp³-hybridized carbons (Fsp3) is 1.00. The van der Waals surface area contributed by atoms with E-state index in [1.165, 1.54) is 0 Å². The molecule has 1 heterocycles. The second-order valence-electron chi connectivity index (χ2n) is 3.52. The zero-order valence-electron chi connectivity index (χ0n) is 7.84. The average molecular weight is 204 g/mol. The van der Waals surface area contributed by atoms with E-state index in [0.29, 0.717) is 0 Å². The molecule has 74 valence electrons. The Balaban J connectivity index is 2.34. The molecule has 0 saturated carbocycles. The molecule has 0 bridgehead atoms. The normalized spacial score (nSPS) is 38.8. The Hall–Kier alpha value is 0.175. The van der Waals surface area contributed by atoms with Crippen LogP contribution in [-0.2, 0) is 13.8 Å². The van der Waals surface area contributed by atoms with Crippen LogP contribution in [0.25, 0.3) is 0 Å². The highest BCUT2D eigenvalue weighted by molar-refractivity contribution is 7.51. The fourth-order valence-electron chi connectivity index (χ4n) is 1.35. The van der Waals surface area contributed by atoms with Crippen molar-refractivity contribution in [1.29, 1.82) is 0 Å². The first-order valence-electron chi connectivity index (χ1n) is 4.24. The van der Waals surface area contributed by atoms with Crippen LogP contribution in [0.15, 0.2) is 0 Å². The highest BCUT2D eigenvalue weighted by Gasteiger charge is 2.30. The maximum Gasteiger partial charge on any atom is 0.325 e. The minimum absolute atomic E-state index is 0.138. The van der Waals surface area contributed by atoms with Gasteiger partial charge in [0.2, 0.25) is 0 Å². The molecule has 1 aliphatic rings. The summed E-state index contributed by atoms with van der Waals surface area (Å²) in [5.74, 6) is 0.279. The van der Waals surface area contributed by atoms with Crippen LogP contribution >= 0.6 is 7.60 Å². The predicted molar refractivity (Wildman–Crippen MR) is 49.9 cm³/mol. The van der Waals surface area contributed by atoms with Gasteiger partial charge in [0, 0.05) is 12.7 Å². The zero-order valence-corrected chi connectivity index (χ0v) is 8.74. The van der Waals surface area contributed by atoms with Crippen LogP contribution in [0.1, 0.15) is 13.3 Å². The molecule has 4 nitrogen and oxygen atoms in total. The average Bonchev–Trinajstić information content (AvgIpc) is 2.24. The van der Waals surface area contributed by atoms with Gasteiger partial charge in [-0.15, -0.1) is 0 Å². The van der Waals surface area contributed by atoms with Crippen LogP contribution in [0.3, 0.4) is 0 Å². The molecular formula is C7H14BO4P. The van der Waals surface area contributed by atoms with Crippen molar-refractivity contribution < 1.29 is 18.7 Å². The van der Waals surface area contributed by atoms with Crippen molar-refractivity contribution in [2.45, 2.75) is 25.5 Å². The van der Waals surface area contributed by atoms with Gasteiger partial charge in [0.15, 0.2) is 0 Å². The summed E-state index contributed by atoms with van der Waals surface area (Å²) in [5, 5.41) is 0. The van der Waals surface area contributed by atoms with E-state index in [2.05, 4.69) is 0 Å². The molecule has 0 amide bonds. The van der Waals surface area contributed by atoms with Crippen molar-refractivity contribution in [3.05, 3.63) is 0 Å². The SMILES string of the molecule is [B][C@H]1C[C@@H](C)[C@@H](COP(C)(=O)O)O1. The van der Waals surface area contributed by atoms with Crippen molar-refractivity contribution >= 4 is 15.4 Å². The molecule has 1 aliphatic heterocycles. The van der Waals surface area contributed by atoms with Gasteiger partial charge in [0.1, 0.15) is 7.85 Å². The van der Waals surface area contributed by atoms with Gasteiger partial charge < -0.3 is 14.2 Å². The summed E-state index contributed by atoms with van der Waals surface area (Å²) in [6.07, 6.45) is 0.614. The van der Waals surface area contributed by atoms with Crippen LogP contribution in [0.5, 0.6) is 0 Å². The topological polar surface area (TPSA) is 55.8 Å². The quantitative estimate of drug-likeness (QED) is 0.544. The van der Waals surface area contributed by atoms with E-state index in [1.807, 2.05) is 6.92 Å². The first-order valence-corrected chi connectivity index (χ1v) is 6.27. The first-order chi connectivity index (χ1) is 5.88. The minimum atomic E-state index is -3.39. The maximum absolute atomic E-state index is 10.8. The number of ether oxygens (including phenoxy) is 1. The molecule has 1 rings (SSSR count). The van der Waals surface area contributed by atoms with E-state index in [4.69, 9.17) is 22.0 Å². The van der Waals surface area contributed by atoms with Crippen LogP contribution in [0.4, 0.5) is 0 Å². The maximum atomic E-state index is 10.8. The molecule has 0 aromatic rings. The summed E-state index contributed by atoms with van der Waals surface area (Å²) in [7, 11) is 2.16. The van der Waals surface area contributed by atoms with E-state index in [1.54, 1.807) is 0 Å².